The van der Waals surface area contributed by atoms with Gasteiger partial charge in [-0.05, 0) is 129 Å². The lowest BCUT2D eigenvalue weighted by atomic mass is 9.96. The molecule has 13 rings (SSSR count). The lowest BCUT2D eigenvalue weighted by Crippen LogP contribution is -2.09. The Kier molecular flexibility index (Phi) is 9.17. The van der Waals surface area contributed by atoms with Crippen molar-refractivity contribution in [2.45, 2.75) is 0 Å². The number of nitrogens with zero attached hydrogens (tertiary/aromatic N) is 2. The molecule has 0 aliphatic rings. The van der Waals surface area contributed by atoms with Crippen molar-refractivity contribution in [3.63, 3.8) is 0 Å². The van der Waals surface area contributed by atoms with E-state index < -0.39 is 0 Å². The van der Waals surface area contributed by atoms with Crippen molar-refractivity contribution in [2.75, 3.05) is 4.90 Å². The molecule has 0 atom stereocenters. The van der Waals surface area contributed by atoms with E-state index in [1.54, 1.807) is 0 Å². The summed E-state index contributed by atoms with van der Waals surface area (Å²) in [4.78, 5) is 2.36. The summed E-state index contributed by atoms with van der Waals surface area (Å²) < 4.78 is 8.67. The summed E-state index contributed by atoms with van der Waals surface area (Å²) in [6.07, 6.45) is 0. The molecule has 0 bridgehead atoms. The molecule has 67 heavy (non-hydrogen) atoms. The Balaban J connectivity index is 0.884. The first-order valence-corrected chi connectivity index (χ1v) is 22.9. The van der Waals surface area contributed by atoms with Gasteiger partial charge in [0.05, 0.1) is 16.7 Å². The van der Waals surface area contributed by atoms with Crippen molar-refractivity contribution in [1.82, 2.24) is 4.57 Å². The Bertz CT molecular complexity index is 3920. The van der Waals surface area contributed by atoms with E-state index in [1.807, 2.05) is 12.1 Å². The second kappa shape index (κ2) is 16.0. The normalized spacial score (nSPS) is 11.6. The Labute approximate surface area is 388 Å². The van der Waals surface area contributed by atoms with Crippen LogP contribution in [-0.4, -0.2) is 4.57 Å². The van der Waals surface area contributed by atoms with Crippen molar-refractivity contribution in [2.24, 2.45) is 0 Å². The Hall–Kier alpha value is -8.92. The molecule has 2 aromatic heterocycles. The molecule has 0 unspecified atom stereocenters. The molecular formula is C64H42N2O. The third-order valence-electron chi connectivity index (χ3n) is 13.4. The number of aromatic nitrogens is 1. The zero-order chi connectivity index (χ0) is 44.3. The number of anilines is 3. The average molecular weight is 855 g/mol. The Morgan fingerprint density at radius 1 is 0.299 bits per heavy atom. The highest BCUT2D eigenvalue weighted by Crippen LogP contribution is 2.42. The van der Waals surface area contributed by atoms with Crippen LogP contribution in [0.1, 0.15) is 0 Å². The fourth-order valence-corrected chi connectivity index (χ4v) is 10.2. The predicted octanol–water partition coefficient (Wildman–Crippen LogP) is 18.0. The number of hydrogen-bond acceptors (Lipinski definition) is 2. The van der Waals surface area contributed by atoms with Crippen molar-refractivity contribution >= 4 is 71.6 Å². The zero-order valence-corrected chi connectivity index (χ0v) is 36.6. The minimum atomic E-state index is 0.902. The number of para-hydroxylation sites is 4. The maximum atomic E-state index is 6.25. The van der Waals surface area contributed by atoms with E-state index in [2.05, 4.69) is 252 Å². The van der Waals surface area contributed by atoms with Crippen LogP contribution in [0.5, 0.6) is 0 Å². The van der Waals surface area contributed by atoms with Crippen LogP contribution in [0.4, 0.5) is 17.1 Å². The fraction of sp³-hybridized carbons (Fsp3) is 0. The van der Waals surface area contributed by atoms with E-state index in [-0.39, 0.29) is 0 Å². The van der Waals surface area contributed by atoms with Gasteiger partial charge in [-0.1, -0.05) is 176 Å². The van der Waals surface area contributed by atoms with Gasteiger partial charge in [0.15, 0.2) is 0 Å². The third-order valence-corrected chi connectivity index (χ3v) is 13.4. The highest BCUT2D eigenvalue weighted by Gasteiger charge is 2.18. The molecule has 0 saturated carbocycles. The van der Waals surface area contributed by atoms with Gasteiger partial charge in [0.1, 0.15) is 11.2 Å². The topological polar surface area (TPSA) is 21.3 Å². The summed E-state index contributed by atoms with van der Waals surface area (Å²) in [7, 11) is 0. The van der Waals surface area contributed by atoms with Gasteiger partial charge < -0.3 is 13.9 Å². The van der Waals surface area contributed by atoms with Crippen molar-refractivity contribution < 1.29 is 4.42 Å². The van der Waals surface area contributed by atoms with Crippen LogP contribution < -0.4 is 4.90 Å². The molecule has 0 radical (unpaired) electrons. The van der Waals surface area contributed by atoms with E-state index in [1.165, 1.54) is 54.8 Å². The van der Waals surface area contributed by atoms with E-state index in [4.69, 9.17) is 4.42 Å². The maximum Gasteiger partial charge on any atom is 0.136 e. The molecule has 0 N–H and O–H groups in total. The smallest absolute Gasteiger partial charge is 0.136 e. The van der Waals surface area contributed by atoms with Gasteiger partial charge in [-0.15, -0.1) is 0 Å². The van der Waals surface area contributed by atoms with Gasteiger partial charge in [-0.25, -0.2) is 0 Å². The second-order valence-electron chi connectivity index (χ2n) is 17.3. The van der Waals surface area contributed by atoms with Crippen molar-refractivity contribution in [1.29, 1.82) is 0 Å². The summed E-state index contributed by atoms with van der Waals surface area (Å²) in [6.45, 7) is 0. The fourth-order valence-electron chi connectivity index (χ4n) is 10.2. The molecule has 0 aliphatic heterocycles. The molecule has 0 aliphatic carbocycles. The summed E-state index contributed by atoms with van der Waals surface area (Å²) >= 11 is 0. The van der Waals surface area contributed by atoms with E-state index in [0.717, 1.165) is 66.9 Å². The zero-order valence-electron chi connectivity index (χ0n) is 36.6. The van der Waals surface area contributed by atoms with E-state index in [9.17, 15) is 0 Å². The SMILES string of the molecule is c1cc(-c2ccc(N(c3ccc(-c4ccc5ccccc5c4)cc3)c3ccc(-c4ccccc4-n4c5ccccc5c5ccccc54)cc3)cc2)cc(-c2cccc3oc4ccccc4c23)c1. The monoisotopic (exact) mass is 854 g/mol. The molecule has 2 heterocycles. The standard InChI is InChI=1S/C64H42N2O/c1-2-14-47-41-49(28-27-43(47)13-1)45-31-37-52(38-32-45)65(51-35-29-44(30-36-51)48-15-11-16-50(42-48)55-21-12-26-63-64(55)58-20-6-10-25-62(58)67-63)53-39-33-46(34-40-53)54-17-3-7-22-59(54)66-60-23-8-4-18-56(60)57-19-5-9-24-61(57)66/h1-42H. The summed E-state index contributed by atoms with van der Waals surface area (Å²) in [5.74, 6) is 0. The lowest BCUT2D eigenvalue weighted by Gasteiger charge is -2.26. The second-order valence-corrected chi connectivity index (χ2v) is 17.3. The first-order valence-electron chi connectivity index (χ1n) is 22.9. The predicted molar refractivity (Wildman–Crippen MR) is 282 cm³/mol. The molecule has 314 valence electrons. The molecule has 0 amide bonds. The molecule has 3 heteroatoms. The molecule has 0 spiro atoms. The summed E-state index contributed by atoms with van der Waals surface area (Å²) in [5, 5.41) is 7.27. The molecule has 11 aromatic carbocycles. The lowest BCUT2D eigenvalue weighted by molar-refractivity contribution is 0.669. The van der Waals surface area contributed by atoms with Gasteiger partial charge in [0.2, 0.25) is 0 Å². The quantitative estimate of drug-likeness (QED) is 0.152. The highest BCUT2D eigenvalue weighted by molar-refractivity contribution is 6.13. The number of hydrogen-bond donors (Lipinski definition) is 0. The van der Waals surface area contributed by atoms with Crippen LogP contribution in [0.2, 0.25) is 0 Å². The van der Waals surface area contributed by atoms with Crippen molar-refractivity contribution in [3.8, 4) is 50.2 Å². The van der Waals surface area contributed by atoms with Crippen LogP contribution in [-0.2, 0) is 0 Å². The largest absolute Gasteiger partial charge is 0.456 e. The minimum Gasteiger partial charge on any atom is -0.456 e. The van der Waals surface area contributed by atoms with Gasteiger partial charge in [-0.3, -0.25) is 0 Å². The first-order chi connectivity index (χ1) is 33.2. The van der Waals surface area contributed by atoms with Crippen molar-refractivity contribution in [3.05, 3.63) is 255 Å². The van der Waals surface area contributed by atoms with Crippen LogP contribution in [0.3, 0.4) is 0 Å². The van der Waals surface area contributed by atoms with Crippen LogP contribution >= 0.6 is 0 Å². The average Bonchev–Trinajstić information content (AvgIpc) is 3.95. The van der Waals surface area contributed by atoms with Gasteiger partial charge in [-0.2, -0.15) is 0 Å². The summed E-state index contributed by atoms with van der Waals surface area (Å²) in [5.41, 5.74) is 17.9. The molecule has 3 nitrogen and oxygen atoms in total. The minimum absolute atomic E-state index is 0.902. The third kappa shape index (κ3) is 6.67. The summed E-state index contributed by atoms with van der Waals surface area (Å²) in [6, 6.07) is 91.9. The molecule has 13 aromatic rings. The Morgan fingerprint density at radius 3 is 1.49 bits per heavy atom. The Morgan fingerprint density at radius 2 is 0.791 bits per heavy atom. The van der Waals surface area contributed by atoms with Crippen LogP contribution in [0, 0.1) is 0 Å². The number of fused-ring (bicyclic) bond motifs is 7. The van der Waals surface area contributed by atoms with Gasteiger partial charge in [0.25, 0.3) is 0 Å². The van der Waals surface area contributed by atoms with E-state index in [0.29, 0.717) is 0 Å². The van der Waals surface area contributed by atoms with Gasteiger partial charge in [0, 0.05) is 44.2 Å². The first kappa shape index (κ1) is 38.5. The van der Waals surface area contributed by atoms with Gasteiger partial charge >= 0.3 is 0 Å². The number of rotatable bonds is 8. The maximum absolute atomic E-state index is 6.25. The number of furan rings is 1. The molecule has 0 fully saturated rings. The van der Waals surface area contributed by atoms with Crippen LogP contribution in [0.25, 0.3) is 105 Å². The molecule has 0 saturated heterocycles. The number of benzene rings is 11. The van der Waals surface area contributed by atoms with Crippen LogP contribution in [0.15, 0.2) is 259 Å². The molecular weight excluding hydrogens is 813 g/mol. The highest BCUT2D eigenvalue weighted by atomic mass is 16.3. The van der Waals surface area contributed by atoms with E-state index >= 15 is 0 Å².